The highest BCUT2D eigenvalue weighted by Crippen LogP contribution is 2.32. The van der Waals surface area contributed by atoms with Crippen LogP contribution in [-0.4, -0.2) is 62.1 Å². The Morgan fingerprint density at radius 3 is 3.00 bits per heavy atom. The van der Waals surface area contributed by atoms with Gasteiger partial charge in [-0.2, -0.15) is 0 Å². The minimum absolute atomic E-state index is 0.0439. The Morgan fingerprint density at radius 2 is 2.07 bits per heavy atom. The van der Waals surface area contributed by atoms with Gasteiger partial charge in [0.05, 0.1) is 12.5 Å². The molecule has 0 unspecified atom stereocenters. The summed E-state index contributed by atoms with van der Waals surface area (Å²) < 4.78 is 2.26. The number of carbonyl (C=O) groups is 1. The van der Waals surface area contributed by atoms with Crippen LogP contribution in [0, 0.1) is 0 Å². The molecule has 4 heterocycles. The van der Waals surface area contributed by atoms with Crippen LogP contribution in [0.25, 0.3) is 10.9 Å². The minimum Gasteiger partial charge on any atom is -0.361 e. The van der Waals surface area contributed by atoms with Crippen molar-refractivity contribution in [2.45, 2.75) is 38.3 Å². The van der Waals surface area contributed by atoms with Crippen molar-refractivity contribution < 1.29 is 4.79 Å². The molecule has 7 nitrogen and oxygen atoms in total. The van der Waals surface area contributed by atoms with E-state index in [4.69, 9.17) is 0 Å². The second kappa shape index (κ2) is 7.05. The second-order valence-corrected chi connectivity index (χ2v) is 7.96. The lowest BCUT2D eigenvalue weighted by Crippen LogP contribution is -2.33. The third-order valence-electron chi connectivity index (χ3n) is 6.17. The van der Waals surface area contributed by atoms with Gasteiger partial charge in [-0.05, 0) is 31.5 Å². The van der Waals surface area contributed by atoms with Gasteiger partial charge >= 0.3 is 0 Å². The molecule has 0 aliphatic carbocycles. The molecule has 0 spiro atoms. The van der Waals surface area contributed by atoms with Crippen LogP contribution < -0.4 is 0 Å². The molecule has 3 aromatic rings. The summed E-state index contributed by atoms with van der Waals surface area (Å²) in [7, 11) is 2.14. The van der Waals surface area contributed by atoms with Crippen LogP contribution in [0.5, 0.6) is 0 Å². The molecule has 1 saturated heterocycles. The molecule has 146 valence electrons. The molecule has 1 fully saturated rings. The molecular weight excluding hydrogens is 352 g/mol. The Kier molecular flexibility index (Phi) is 4.39. The van der Waals surface area contributed by atoms with Gasteiger partial charge in [-0.25, -0.2) is 0 Å². The van der Waals surface area contributed by atoms with Crippen LogP contribution in [0.4, 0.5) is 0 Å². The largest absolute Gasteiger partial charge is 0.361 e. The molecule has 2 aliphatic rings. The smallest absolute Gasteiger partial charge is 0.227 e. The number of likely N-dealkylation sites (tertiary alicyclic amines) is 1. The molecule has 0 bridgehead atoms. The third-order valence-corrected chi connectivity index (χ3v) is 6.17. The fraction of sp³-hybridized carbons (Fsp3) is 0.476. The molecule has 1 aromatic carbocycles. The normalized spacial score (nSPS) is 20.5. The first-order valence-corrected chi connectivity index (χ1v) is 10.2. The van der Waals surface area contributed by atoms with Crippen molar-refractivity contribution in [3.63, 3.8) is 0 Å². The summed E-state index contributed by atoms with van der Waals surface area (Å²) in [5.74, 6) is 2.20. The van der Waals surface area contributed by atoms with Crippen molar-refractivity contribution in [3.8, 4) is 0 Å². The number of nitrogens with one attached hydrogen (secondary N) is 1. The zero-order valence-corrected chi connectivity index (χ0v) is 16.3. The number of H-pyrrole nitrogens is 1. The lowest BCUT2D eigenvalue weighted by Gasteiger charge is -2.25. The molecule has 2 aliphatic heterocycles. The molecule has 1 amide bonds. The molecule has 1 atom stereocenters. The van der Waals surface area contributed by atoms with E-state index in [1.54, 1.807) is 0 Å². The van der Waals surface area contributed by atoms with Gasteiger partial charge in [-0.15, -0.1) is 10.2 Å². The molecule has 0 saturated carbocycles. The number of aromatic nitrogens is 4. The molecule has 7 heteroatoms. The van der Waals surface area contributed by atoms with Gasteiger partial charge in [-0.1, -0.05) is 18.2 Å². The van der Waals surface area contributed by atoms with Gasteiger partial charge < -0.3 is 19.4 Å². The van der Waals surface area contributed by atoms with Gasteiger partial charge in [0.2, 0.25) is 5.91 Å². The standard InChI is InChI=1S/C21H26N6O/c1-25-10-8-19-23-24-21(27(19)12-11-25)18-7-4-9-26(18)20(28)13-15-14-22-17-6-3-2-5-16(15)17/h2-3,5-6,14,18,22H,4,7-13H2,1H3/t18-/m0/s1. The first-order chi connectivity index (χ1) is 13.7. The number of nitrogens with zero attached hydrogens (tertiary/aromatic N) is 5. The number of carbonyl (C=O) groups excluding carboxylic acids is 1. The van der Waals surface area contributed by atoms with Crippen molar-refractivity contribution in [3.05, 3.63) is 47.7 Å². The first kappa shape index (κ1) is 17.4. The first-order valence-electron chi connectivity index (χ1n) is 10.2. The summed E-state index contributed by atoms with van der Waals surface area (Å²) in [6, 6.07) is 8.19. The number of likely N-dealkylation sites (N-methyl/N-ethyl adjacent to an activating group) is 1. The topological polar surface area (TPSA) is 70.1 Å². The third kappa shape index (κ3) is 2.99. The Bertz CT molecular complexity index is 1010. The van der Waals surface area contributed by atoms with Crippen molar-refractivity contribution in [1.29, 1.82) is 0 Å². The highest BCUT2D eigenvalue weighted by Gasteiger charge is 2.34. The molecule has 5 rings (SSSR count). The number of fused-ring (bicyclic) bond motifs is 2. The van der Waals surface area contributed by atoms with E-state index >= 15 is 0 Å². The number of aromatic amines is 1. The molecule has 1 N–H and O–H groups in total. The predicted molar refractivity (Wildman–Crippen MR) is 107 cm³/mol. The van der Waals surface area contributed by atoms with Gasteiger partial charge in [0, 0.05) is 49.7 Å². The molecule has 2 aromatic heterocycles. The van der Waals surface area contributed by atoms with Crippen molar-refractivity contribution in [1.82, 2.24) is 29.5 Å². The van der Waals surface area contributed by atoms with E-state index in [0.717, 1.165) is 73.6 Å². The number of para-hydroxylation sites is 1. The number of amides is 1. The summed E-state index contributed by atoms with van der Waals surface area (Å²) in [4.78, 5) is 20.8. The highest BCUT2D eigenvalue weighted by molar-refractivity contribution is 5.89. The fourth-order valence-corrected chi connectivity index (χ4v) is 4.57. The van der Waals surface area contributed by atoms with Crippen LogP contribution in [0.3, 0.4) is 0 Å². The van der Waals surface area contributed by atoms with Crippen molar-refractivity contribution in [2.75, 3.05) is 26.7 Å². The maximum Gasteiger partial charge on any atom is 0.227 e. The predicted octanol–water partition coefficient (Wildman–Crippen LogP) is 2.15. The Morgan fingerprint density at radius 1 is 1.18 bits per heavy atom. The maximum absolute atomic E-state index is 13.2. The van der Waals surface area contributed by atoms with E-state index in [1.807, 2.05) is 29.3 Å². The number of hydrogen-bond acceptors (Lipinski definition) is 4. The Balaban J connectivity index is 1.39. The zero-order chi connectivity index (χ0) is 19.1. The SMILES string of the molecule is CN1CCc2nnc([C@@H]3CCCN3C(=O)Cc3c[nH]c4ccccc34)n2CC1. The number of benzene rings is 1. The Hall–Kier alpha value is -2.67. The van der Waals surface area contributed by atoms with Crippen LogP contribution in [-0.2, 0) is 24.2 Å². The van der Waals surface area contributed by atoms with E-state index in [1.165, 1.54) is 0 Å². The molecular formula is C21H26N6O. The average Bonchev–Trinajstić information content (AvgIpc) is 3.40. The van der Waals surface area contributed by atoms with Gasteiger partial charge in [-0.3, -0.25) is 4.79 Å². The van der Waals surface area contributed by atoms with E-state index in [2.05, 4.69) is 37.8 Å². The fourth-order valence-electron chi connectivity index (χ4n) is 4.57. The molecule has 0 radical (unpaired) electrons. The summed E-state index contributed by atoms with van der Waals surface area (Å²) in [6.45, 7) is 3.70. The van der Waals surface area contributed by atoms with Crippen LogP contribution in [0.2, 0.25) is 0 Å². The second-order valence-electron chi connectivity index (χ2n) is 7.96. The lowest BCUT2D eigenvalue weighted by molar-refractivity contribution is -0.131. The van der Waals surface area contributed by atoms with Crippen molar-refractivity contribution in [2.24, 2.45) is 0 Å². The van der Waals surface area contributed by atoms with Gasteiger partial charge in [0.1, 0.15) is 5.82 Å². The maximum atomic E-state index is 13.2. The van der Waals surface area contributed by atoms with E-state index in [0.29, 0.717) is 6.42 Å². The summed E-state index contributed by atoms with van der Waals surface area (Å²) in [6.07, 6.45) is 5.29. The van der Waals surface area contributed by atoms with E-state index < -0.39 is 0 Å². The van der Waals surface area contributed by atoms with E-state index in [-0.39, 0.29) is 11.9 Å². The molecule has 28 heavy (non-hydrogen) atoms. The van der Waals surface area contributed by atoms with Crippen molar-refractivity contribution >= 4 is 16.8 Å². The number of rotatable bonds is 3. The van der Waals surface area contributed by atoms with Gasteiger partial charge in [0.25, 0.3) is 0 Å². The quantitative estimate of drug-likeness (QED) is 0.758. The minimum atomic E-state index is 0.0439. The van der Waals surface area contributed by atoms with Crippen LogP contribution in [0.1, 0.15) is 36.1 Å². The summed E-state index contributed by atoms with van der Waals surface area (Å²) in [5.41, 5.74) is 2.14. The number of hydrogen-bond donors (Lipinski definition) is 1. The van der Waals surface area contributed by atoms with Crippen LogP contribution in [0.15, 0.2) is 30.5 Å². The van der Waals surface area contributed by atoms with Gasteiger partial charge in [0.15, 0.2) is 5.82 Å². The highest BCUT2D eigenvalue weighted by atomic mass is 16.2. The average molecular weight is 378 g/mol. The lowest BCUT2D eigenvalue weighted by atomic mass is 10.1. The summed E-state index contributed by atoms with van der Waals surface area (Å²) in [5, 5.41) is 10.1. The summed E-state index contributed by atoms with van der Waals surface area (Å²) >= 11 is 0. The van der Waals surface area contributed by atoms with Crippen LogP contribution >= 0.6 is 0 Å². The van der Waals surface area contributed by atoms with E-state index in [9.17, 15) is 4.79 Å². The Labute approximate surface area is 164 Å². The zero-order valence-electron chi connectivity index (χ0n) is 16.3. The monoisotopic (exact) mass is 378 g/mol.